The van der Waals surface area contributed by atoms with Crippen molar-refractivity contribution in [1.82, 2.24) is 5.32 Å². The lowest BCUT2D eigenvalue weighted by atomic mass is 10.2. The van der Waals surface area contributed by atoms with Crippen LogP contribution in [0.4, 0.5) is 4.39 Å². The maximum Gasteiger partial charge on any atom is 0.306 e. The molecule has 0 aromatic heterocycles. The Balaban J connectivity index is 2.25. The number of carbonyl (C=O) groups is 1. The summed E-state index contributed by atoms with van der Waals surface area (Å²) in [5.74, 6) is -0.404. The van der Waals surface area contributed by atoms with Crippen molar-refractivity contribution in [3.05, 3.63) is 35.6 Å². The molecule has 1 rings (SSSR count). The maximum absolute atomic E-state index is 13.3. The van der Waals surface area contributed by atoms with Gasteiger partial charge in [-0.25, -0.2) is 4.39 Å². The molecule has 0 bridgehead atoms. The molecule has 0 saturated heterocycles. The van der Waals surface area contributed by atoms with E-state index < -0.39 is 0 Å². The first-order valence-corrected chi connectivity index (χ1v) is 6.27. The number of halogens is 1. The van der Waals surface area contributed by atoms with Crippen molar-refractivity contribution in [1.29, 1.82) is 0 Å². The minimum Gasteiger partial charge on any atom is -0.461 e. The van der Waals surface area contributed by atoms with Gasteiger partial charge in [-0.3, -0.25) is 4.79 Å². The van der Waals surface area contributed by atoms with E-state index in [1.807, 2.05) is 13.8 Å². The summed E-state index contributed by atoms with van der Waals surface area (Å²) in [5, 5.41) is 3.07. The molecule has 3 nitrogen and oxygen atoms in total. The van der Waals surface area contributed by atoms with E-state index in [9.17, 15) is 9.18 Å². The van der Waals surface area contributed by atoms with Crippen molar-refractivity contribution >= 4 is 5.97 Å². The van der Waals surface area contributed by atoms with E-state index in [1.165, 1.54) is 6.07 Å². The predicted octanol–water partition coefficient (Wildman–Crippen LogP) is 2.65. The highest BCUT2D eigenvalue weighted by Gasteiger charge is 2.08. The van der Waals surface area contributed by atoms with Gasteiger partial charge < -0.3 is 10.1 Å². The van der Waals surface area contributed by atoms with E-state index in [0.29, 0.717) is 25.1 Å². The van der Waals surface area contributed by atoms with E-state index in [4.69, 9.17) is 4.74 Å². The van der Waals surface area contributed by atoms with Gasteiger partial charge in [0.25, 0.3) is 0 Å². The molecule has 1 unspecified atom stereocenters. The highest BCUT2D eigenvalue weighted by atomic mass is 19.1. The monoisotopic (exact) mass is 253 g/mol. The minimum atomic E-state index is -0.222. The van der Waals surface area contributed by atoms with Crippen molar-refractivity contribution in [2.75, 3.05) is 6.54 Å². The number of esters is 1. The van der Waals surface area contributed by atoms with Crippen LogP contribution < -0.4 is 5.32 Å². The van der Waals surface area contributed by atoms with Crippen LogP contribution in [0.25, 0.3) is 0 Å². The van der Waals surface area contributed by atoms with Crippen LogP contribution in [0.1, 0.15) is 32.3 Å². The first-order chi connectivity index (χ1) is 8.63. The summed E-state index contributed by atoms with van der Waals surface area (Å²) in [6.07, 6.45) is 1.03. The number of rotatable bonds is 7. The van der Waals surface area contributed by atoms with E-state index in [-0.39, 0.29) is 17.9 Å². The van der Waals surface area contributed by atoms with Crippen LogP contribution in [0.5, 0.6) is 0 Å². The second-order valence-corrected chi connectivity index (χ2v) is 4.27. The summed E-state index contributed by atoms with van der Waals surface area (Å²) < 4.78 is 18.5. The molecule has 0 aliphatic rings. The average Bonchev–Trinajstić information content (AvgIpc) is 2.31. The Bertz CT molecular complexity index is 382. The fourth-order valence-corrected chi connectivity index (χ4v) is 1.58. The molecule has 1 atom stereocenters. The number of carbonyl (C=O) groups excluding carboxylic acids is 1. The van der Waals surface area contributed by atoms with E-state index in [0.717, 1.165) is 6.42 Å². The lowest BCUT2D eigenvalue weighted by molar-refractivity contribution is -0.148. The molecule has 1 aromatic rings. The summed E-state index contributed by atoms with van der Waals surface area (Å²) in [4.78, 5) is 11.2. The Morgan fingerprint density at radius 2 is 2.17 bits per heavy atom. The first-order valence-electron chi connectivity index (χ1n) is 6.27. The quantitative estimate of drug-likeness (QED) is 0.759. The normalized spacial score (nSPS) is 12.2. The Kier molecular flexibility index (Phi) is 6.36. The van der Waals surface area contributed by atoms with Crippen LogP contribution in [-0.2, 0) is 16.1 Å². The number of nitrogens with one attached hydrogen (secondary N) is 1. The molecule has 100 valence electrons. The number of ether oxygens (including phenoxy) is 1. The number of hydrogen-bond donors (Lipinski definition) is 1. The van der Waals surface area contributed by atoms with Crippen LogP contribution in [0.2, 0.25) is 0 Å². The van der Waals surface area contributed by atoms with Gasteiger partial charge in [-0.05, 0) is 19.4 Å². The van der Waals surface area contributed by atoms with Gasteiger partial charge in [0.2, 0.25) is 0 Å². The van der Waals surface area contributed by atoms with Crippen LogP contribution >= 0.6 is 0 Å². The zero-order valence-electron chi connectivity index (χ0n) is 10.9. The molecule has 0 amide bonds. The second kappa shape index (κ2) is 7.82. The maximum atomic E-state index is 13.3. The van der Waals surface area contributed by atoms with Crippen LogP contribution in [0.15, 0.2) is 24.3 Å². The third-order valence-electron chi connectivity index (χ3n) is 2.49. The second-order valence-electron chi connectivity index (χ2n) is 4.27. The topological polar surface area (TPSA) is 38.3 Å². The lowest BCUT2D eigenvalue weighted by Gasteiger charge is -2.14. The third-order valence-corrected chi connectivity index (χ3v) is 2.49. The van der Waals surface area contributed by atoms with Crippen molar-refractivity contribution < 1.29 is 13.9 Å². The summed E-state index contributed by atoms with van der Waals surface area (Å²) in [5.41, 5.74) is 0.615. The number of hydrogen-bond acceptors (Lipinski definition) is 3. The summed E-state index contributed by atoms with van der Waals surface area (Å²) >= 11 is 0. The van der Waals surface area contributed by atoms with Crippen molar-refractivity contribution in [3.8, 4) is 0 Å². The number of benzene rings is 1. The third kappa shape index (κ3) is 5.27. The molecule has 18 heavy (non-hydrogen) atoms. The largest absolute Gasteiger partial charge is 0.461 e. The van der Waals surface area contributed by atoms with E-state index >= 15 is 0 Å². The average molecular weight is 253 g/mol. The Morgan fingerprint density at radius 1 is 1.44 bits per heavy atom. The van der Waals surface area contributed by atoms with Crippen LogP contribution in [-0.4, -0.2) is 18.6 Å². The molecule has 0 saturated carbocycles. The molecular formula is C14H20FNO2. The Morgan fingerprint density at radius 3 is 2.83 bits per heavy atom. The Labute approximate surface area is 107 Å². The first kappa shape index (κ1) is 14.6. The molecule has 0 fully saturated rings. The molecule has 0 aliphatic heterocycles. The van der Waals surface area contributed by atoms with Gasteiger partial charge in [0.1, 0.15) is 11.9 Å². The summed E-state index contributed by atoms with van der Waals surface area (Å²) in [6, 6.07) is 6.62. The summed E-state index contributed by atoms with van der Waals surface area (Å²) in [6.45, 7) is 4.70. The predicted molar refractivity (Wildman–Crippen MR) is 68.6 cm³/mol. The zero-order valence-corrected chi connectivity index (χ0v) is 10.9. The lowest BCUT2D eigenvalue weighted by Crippen LogP contribution is -2.28. The fourth-order valence-electron chi connectivity index (χ4n) is 1.58. The van der Waals surface area contributed by atoms with Crippen LogP contribution in [0.3, 0.4) is 0 Å². The molecule has 1 N–H and O–H groups in total. The molecular weight excluding hydrogens is 233 g/mol. The molecule has 0 heterocycles. The standard InChI is InChI=1S/C14H20FNO2/c1-3-6-14(17)18-11(2)9-16-10-12-7-4-5-8-13(12)15/h4-5,7-8,11,16H,3,6,9-10H2,1-2H3. The van der Waals surface area contributed by atoms with Gasteiger partial charge in [-0.1, -0.05) is 25.1 Å². The van der Waals surface area contributed by atoms with Gasteiger partial charge in [0.15, 0.2) is 0 Å². The molecule has 0 radical (unpaired) electrons. The van der Waals surface area contributed by atoms with Gasteiger partial charge in [0, 0.05) is 25.1 Å². The molecule has 1 aromatic carbocycles. The van der Waals surface area contributed by atoms with Gasteiger partial charge in [-0.2, -0.15) is 0 Å². The van der Waals surface area contributed by atoms with Gasteiger partial charge >= 0.3 is 5.97 Å². The van der Waals surface area contributed by atoms with Crippen molar-refractivity contribution in [3.63, 3.8) is 0 Å². The van der Waals surface area contributed by atoms with Crippen molar-refractivity contribution in [2.45, 2.75) is 39.3 Å². The van der Waals surface area contributed by atoms with Crippen LogP contribution in [0, 0.1) is 5.82 Å². The molecule has 4 heteroatoms. The fraction of sp³-hybridized carbons (Fsp3) is 0.500. The van der Waals surface area contributed by atoms with E-state index in [2.05, 4.69) is 5.32 Å². The Hall–Kier alpha value is -1.42. The summed E-state index contributed by atoms with van der Waals surface area (Å²) in [7, 11) is 0. The van der Waals surface area contributed by atoms with Gasteiger partial charge in [-0.15, -0.1) is 0 Å². The minimum absolute atomic E-state index is 0.183. The smallest absolute Gasteiger partial charge is 0.306 e. The molecule has 0 spiro atoms. The highest BCUT2D eigenvalue weighted by Crippen LogP contribution is 2.05. The SMILES string of the molecule is CCCC(=O)OC(C)CNCc1ccccc1F. The molecule has 0 aliphatic carbocycles. The van der Waals surface area contributed by atoms with E-state index in [1.54, 1.807) is 18.2 Å². The van der Waals surface area contributed by atoms with Crippen molar-refractivity contribution in [2.24, 2.45) is 0 Å². The zero-order chi connectivity index (χ0) is 13.4. The van der Waals surface area contributed by atoms with Gasteiger partial charge in [0.05, 0.1) is 0 Å². The highest BCUT2D eigenvalue weighted by molar-refractivity contribution is 5.69.